The minimum Gasteiger partial charge on any atom is -0.352 e. The van der Waals surface area contributed by atoms with E-state index in [9.17, 15) is 22.4 Å². The number of carbonyl (C=O) groups excluding carboxylic acids is 2. The number of hydrogen-bond donors (Lipinski definition) is 1. The van der Waals surface area contributed by atoms with Crippen molar-refractivity contribution < 1.29 is 22.4 Å². The minimum absolute atomic E-state index is 0.00759. The van der Waals surface area contributed by atoms with E-state index in [1.54, 1.807) is 25.1 Å². The van der Waals surface area contributed by atoms with Gasteiger partial charge in [-0.15, -0.1) is 0 Å². The first-order valence-corrected chi connectivity index (χ1v) is 14.0. The number of nitrogens with zero attached hydrogens (tertiary/aromatic N) is 2. The predicted molar refractivity (Wildman–Crippen MR) is 146 cm³/mol. The molecule has 3 aromatic carbocycles. The van der Waals surface area contributed by atoms with Crippen LogP contribution in [0.25, 0.3) is 0 Å². The lowest BCUT2D eigenvalue weighted by molar-refractivity contribution is -0.140. The number of rotatable bonds is 11. The zero-order valence-corrected chi connectivity index (χ0v) is 22.9. The van der Waals surface area contributed by atoms with Gasteiger partial charge in [0.25, 0.3) is 10.0 Å². The molecule has 0 aromatic heterocycles. The van der Waals surface area contributed by atoms with Gasteiger partial charge in [0.15, 0.2) is 0 Å². The number of benzene rings is 3. The zero-order valence-electron chi connectivity index (χ0n) is 22.1. The first-order valence-electron chi connectivity index (χ1n) is 12.5. The maximum absolute atomic E-state index is 13.9. The molecule has 38 heavy (non-hydrogen) atoms. The molecule has 0 fully saturated rings. The Kier molecular flexibility index (Phi) is 9.63. The van der Waals surface area contributed by atoms with Gasteiger partial charge in [-0.05, 0) is 69.2 Å². The van der Waals surface area contributed by atoms with Crippen molar-refractivity contribution in [3.05, 3.63) is 95.8 Å². The van der Waals surface area contributed by atoms with Gasteiger partial charge in [0.1, 0.15) is 18.4 Å². The number of aryl methyl sites for hydroxylation is 1. The summed E-state index contributed by atoms with van der Waals surface area (Å²) in [5.41, 5.74) is 1.99. The summed E-state index contributed by atoms with van der Waals surface area (Å²) in [6.07, 6.45) is 0.331. The van der Waals surface area contributed by atoms with Gasteiger partial charge in [-0.3, -0.25) is 13.9 Å². The summed E-state index contributed by atoms with van der Waals surface area (Å²) in [6.45, 7) is 6.97. The molecule has 1 N–H and O–H groups in total. The van der Waals surface area contributed by atoms with Crippen molar-refractivity contribution in [3.63, 3.8) is 0 Å². The van der Waals surface area contributed by atoms with Crippen LogP contribution < -0.4 is 9.62 Å². The largest absolute Gasteiger partial charge is 0.352 e. The maximum atomic E-state index is 13.9. The highest BCUT2D eigenvalue weighted by molar-refractivity contribution is 7.92. The standard InChI is InChI=1S/C29H34FN3O4S/c1-5-27(29(35)31-21(2)3)32(19-23-13-11-22(4)12-14-23)28(34)20-33(25-17-15-24(30)16-18-25)38(36,37)26-9-7-6-8-10-26/h6-18,21,27H,5,19-20H2,1-4H3,(H,31,35). The first-order chi connectivity index (χ1) is 18.0. The highest BCUT2D eigenvalue weighted by atomic mass is 32.2. The fourth-order valence-electron chi connectivity index (χ4n) is 4.05. The SMILES string of the molecule is CCC(C(=O)NC(C)C)N(Cc1ccc(C)cc1)C(=O)CN(c1ccc(F)cc1)S(=O)(=O)c1ccccc1. The van der Waals surface area contributed by atoms with Crippen molar-refractivity contribution >= 4 is 27.5 Å². The van der Waals surface area contributed by atoms with E-state index in [4.69, 9.17) is 0 Å². The number of amides is 2. The first kappa shape index (κ1) is 28.8. The molecule has 0 radical (unpaired) electrons. The van der Waals surface area contributed by atoms with Crippen LogP contribution >= 0.6 is 0 Å². The average Bonchev–Trinajstić information content (AvgIpc) is 2.89. The Hall–Kier alpha value is -3.72. The quantitative estimate of drug-likeness (QED) is 0.384. The highest BCUT2D eigenvalue weighted by Crippen LogP contribution is 2.25. The Morgan fingerprint density at radius 3 is 2.08 bits per heavy atom. The molecule has 0 spiro atoms. The van der Waals surface area contributed by atoms with E-state index in [2.05, 4.69) is 5.32 Å². The molecule has 7 nitrogen and oxygen atoms in total. The summed E-state index contributed by atoms with van der Waals surface area (Å²) < 4.78 is 42.0. The van der Waals surface area contributed by atoms with Gasteiger partial charge >= 0.3 is 0 Å². The third kappa shape index (κ3) is 7.19. The molecule has 1 unspecified atom stereocenters. The summed E-state index contributed by atoms with van der Waals surface area (Å²) in [7, 11) is -4.18. The Labute approximate surface area is 224 Å². The smallest absolute Gasteiger partial charge is 0.264 e. The van der Waals surface area contributed by atoms with Crippen LogP contribution in [0.15, 0.2) is 83.8 Å². The van der Waals surface area contributed by atoms with Gasteiger partial charge in [-0.1, -0.05) is 55.0 Å². The van der Waals surface area contributed by atoms with E-state index in [1.165, 1.54) is 29.2 Å². The molecule has 2 amide bonds. The summed E-state index contributed by atoms with van der Waals surface area (Å²) in [5.74, 6) is -1.41. The van der Waals surface area contributed by atoms with Crippen LogP contribution in [-0.4, -0.2) is 43.8 Å². The number of halogens is 1. The molecule has 0 aliphatic heterocycles. The molecule has 0 saturated carbocycles. The van der Waals surface area contributed by atoms with Gasteiger partial charge in [0, 0.05) is 12.6 Å². The molecule has 0 bridgehead atoms. The number of sulfonamides is 1. The van der Waals surface area contributed by atoms with Gasteiger partial charge in [-0.25, -0.2) is 12.8 Å². The van der Waals surface area contributed by atoms with Gasteiger partial charge in [-0.2, -0.15) is 0 Å². The lowest BCUT2D eigenvalue weighted by atomic mass is 10.1. The van der Waals surface area contributed by atoms with Gasteiger partial charge in [0.05, 0.1) is 10.6 Å². The summed E-state index contributed by atoms with van der Waals surface area (Å²) >= 11 is 0. The molecule has 202 valence electrons. The topological polar surface area (TPSA) is 86.8 Å². The van der Waals surface area contributed by atoms with Gasteiger partial charge < -0.3 is 10.2 Å². The second-order valence-corrected chi connectivity index (χ2v) is 11.3. The van der Waals surface area contributed by atoms with Crippen LogP contribution in [0.4, 0.5) is 10.1 Å². The third-order valence-corrected chi connectivity index (χ3v) is 7.80. The molecule has 0 aliphatic carbocycles. The minimum atomic E-state index is -4.18. The highest BCUT2D eigenvalue weighted by Gasteiger charge is 2.33. The molecule has 9 heteroatoms. The van der Waals surface area contributed by atoms with Crippen LogP contribution in [0.2, 0.25) is 0 Å². The van der Waals surface area contributed by atoms with Crippen molar-refractivity contribution in [2.45, 2.75) is 57.6 Å². The van der Waals surface area contributed by atoms with Crippen LogP contribution in [0, 0.1) is 12.7 Å². The maximum Gasteiger partial charge on any atom is 0.264 e. The van der Waals surface area contributed by atoms with Crippen molar-refractivity contribution in [1.82, 2.24) is 10.2 Å². The van der Waals surface area contributed by atoms with Gasteiger partial charge in [0.2, 0.25) is 11.8 Å². The number of anilines is 1. The molecule has 0 saturated heterocycles. The normalized spacial score (nSPS) is 12.2. The summed E-state index contributed by atoms with van der Waals surface area (Å²) in [5, 5.41) is 2.86. The molecule has 1 atom stereocenters. The summed E-state index contributed by atoms with van der Waals surface area (Å²) in [6, 6.07) is 19.3. The average molecular weight is 540 g/mol. The van der Waals surface area contributed by atoms with Crippen LogP contribution in [0.3, 0.4) is 0 Å². The van der Waals surface area contributed by atoms with Crippen molar-refractivity contribution in [2.24, 2.45) is 0 Å². The Morgan fingerprint density at radius 2 is 1.53 bits per heavy atom. The molecular formula is C29H34FN3O4S. The summed E-state index contributed by atoms with van der Waals surface area (Å²) in [4.78, 5) is 28.4. The van der Waals surface area contributed by atoms with E-state index in [0.717, 1.165) is 27.6 Å². The molecule has 0 heterocycles. The van der Waals surface area contributed by atoms with Crippen molar-refractivity contribution in [2.75, 3.05) is 10.8 Å². The van der Waals surface area contributed by atoms with Crippen molar-refractivity contribution in [3.8, 4) is 0 Å². The van der Waals surface area contributed by atoms with E-state index in [1.807, 2.05) is 45.0 Å². The monoisotopic (exact) mass is 539 g/mol. The Morgan fingerprint density at radius 1 is 0.921 bits per heavy atom. The van der Waals surface area contributed by atoms with E-state index in [-0.39, 0.29) is 29.1 Å². The fraction of sp³-hybridized carbons (Fsp3) is 0.310. The number of nitrogens with one attached hydrogen (secondary N) is 1. The molecule has 0 aliphatic rings. The Bertz CT molecular complexity index is 1330. The van der Waals surface area contributed by atoms with E-state index < -0.39 is 34.3 Å². The third-order valence-electron chi connectivity index (χ3n) is 6.02. The second kappa shape index (κ2) is 12.7. The van der Waals surface area contributed by atoms with E-state index >= 15 is 0 Å². The zero-order chi connectivity index (χ0) is 27.9. The predicted octanol–water partition coefficient (Wildman–Crippen LogP) is 4.66. The van der Waals surface area contributed by atoms with Crippen LogP contribution in [-0.2, 0) is 26.2 Å². The second-order valence-electron chi connectivity index (χ2n) is 9.40. The van der Waals surface area contributed by atoms with Crippen LogP contribution in [0.5, 0.6) is 0 Å². The lowest BCUT2D eigenvalue weighted by Crippen LogP contribution is -2.53. The number of hydrogen-bond acceptors (Lipinski definition) is 4. The molecule has 3 rings (SSSR count). The number of carbonyl (C=O) groups is 2. The lowest BCUT2D eigenvalue weighted by Gasteiger charge is -2.33. The van der Waals surface area contributed by atoms with Crippen LogP contribution in [0.1, 0.15) is 38.3 Å². The molecular weight excluding hydrogens is 505 g/mol. The Balaban J connectivity index is 2.04. The molecule has 3 aromatic rings. The van der Waals surface area contributed by atoms with Crippen molar-refractivity contribution in [1.29, 1.82) is 0 Å². The van der Waals surface area contributed by atoms with E-state index in [0.29, 0.717) is 6.42 Å². The fourth-order valence-corrected chi connectivity index (χ4v) is 5.48.